The zero-order chi connectivity index (χ0) is 17.7. The number of phenolic OH excluding ortho intramolecular Hbond substituents is 1. The highest BCUT2D eigenvalue weighted by molar-refractivity contribution is 6.42. The van der Waals surface area contributed by atoms with Gasteiger partial charge in [-0.25, -0.2) is 0 Å². The maximum Gasteiger partial charge on any atom is 0.134 e. The lowest BCUT2D eigenvalue weighted by atomic mass is 9.86. The van der Waals surface area contributed by atoms with Crippen LogP contribution in [0.15, 0.2) is 18.2 Å². The molecule has 2 aromatic carbocycles. The number of benzene rings is 2. The quantitative estimate of drug-likeness (QED) is 0.741. The van der Waals surface area contributed by atoms with Crippen molar-refractivity contribution in [3.8, 4) is 11.5 Å². The van der Waals surface area contributed by atoms with Crippen LogP contribution in [0.1, 0.15) is 28.2 Å². The molecule has 2 aromatic rings. The maximum absolute atomic E-state index is 10.2. The monoisotopic (exact) mass is 397 g/mol. The number of fused-ring (bicyclic) bond motifs is 2. The molecule has 2 aliphatic rings. The number of halogens is 3. The first-order chi connectivity index (χ1) is 12.0. The van der Waals surface area contributed by atoms with Crippen LogP contribution in [-0.2, 0) is 12.8 Å². The van der Waals surface area contributed by atoms with Gasteiger partial charge in [0.05, 0.1) is 21.7 Å². The van der Waals surface area contributed by atoms with E-state index in [9.17, 15) is 5.11 Å². The first kappa shape index (κ1) is 17.3. The van der Waals surface area contributed by atoms with E-state index < -0.39 is 0 Å². The molecule has 0 saturated heterocycles. The summed E-state index contributed by atoms with van der Waals surface area (Å²) < 4.78 is 5.91. The Labute approximate surface area is 162 Å². The molecule has 0 unspecified atom stereocenters. The molecule has 3 nitrogen and oxygen atoms in total. The van der Waals surface area contributed by atoms with Crippen molar-refractivity contribution in [3.05, 3.63) is 55.5 Å². The third kappa shape index (κ3) is 2.97. The van der Waals surface area contributed by atoms with Crippen molar-refractivity contribution in [1.29, 1.82) is 0 Å². The molecule has 0 bridgehead atoms. The third-order valence-corrected chi connectivity index (χ3v) is 6.20. The van der Waals surface area contributed by atoms with E-state index in [1.165, 1.54) is 0 Å². The average molecular weight is 399 g/mol. The Kier molecular flexibility index (Phi) is 4.53. The predicted octanol–water partition coefficient (Wildman–Crippen LogP) is 4.91. The summed E-state index contributed by atoms with van der Waals surface area (Å²) in [6, 6.07) is 5.52. The molecule has 2 heterocycles. The van der Waals surface area contributed by atoms with E-state index in [0.717, 1.165) is 53.9 Å². The van der Waals surface area contributed by atoms with Gasteiger partial charge in [0.2, 0.25) is 0 Å². The summed E-state index contributed by atoms with van der Waals surface area (Å²) >= 11 is 19.2. The van der Waals surface area contributed by atoms with E-state index in [1.54, 1.807) is 6.07 Å². The number of phenols is 1. The van der Waals surface area contributed by atoms with Gasteiger partial charge in [0.25, 0.3) is 0 Å². The summed E-state index contributed by atoms with van der Waals surface area (Å²) in [5.74, 6) is 0.893. The van der Waals surface area contributed by atoms with Crippen molar-refractivity contribution in [2.75, 3.05) is 26.7 Å². The number of hydrogen-bond donors (Lipinski definition) is 1. The third-order valence-electron chi connectivity index (χ3n) is 5.09. The molecule has 0 radical (unpaired) electrons. The molecule has 4 rings (SSSR count). The number of nitrogens with zero attached hydrogens (tertiary/aromatic N) is 1. The average Bonchev–Trinajstić information content (AvgIpc) is 2.96. The highest BCUT2D eigenvalue weighted by Crippen LogP contribution is 2.47. The Hall–Kier alpha value is -1.13. The highest BCUT2D eigenvalue weighted by atomic mass is 35.5. The van der Waals surface area contributed by atoms with Gasteiger partial charge in [0.1, 0.15) is 11.5 Å². The lowest BCUT2D eigenvalue weighted by Gasteiger charge is -2.25. The molecular weight excluding hydrogens is 381 g/mol. The van der Waals surface area contributed by atoms with Crippen LogP contribution in [0, 0.1) is 0 Å². The van der Waals surface area contributed by atoms with Gasteiger partial charge in [-0.05, 0) is 48.4 Å². The number of aromatic hydroxyl groups is 1. The molecule has 0 fully saturated rings. The summed E-state index contributed by atoms with van der Waals surface area (Å²) in [7, 11) is 2.08. The van der Waals surface area contributed by atoms with Crippen molar-refractivity contribution in [1.82, 2.24) is 4.90 Å². The van der Waals surface area contributed by atoms with Crippen LogP contribution in [0.2, 0.25) is 15.1 Å². The van der Waals surface area contributed by atoms with Gasteiger partial charge in [-0.2, -0.15) is 0 Å². The van der Waals surface area contributed by atoms with Crippen LogP contribution in [0.25, 0.3) is 0 Å². The van der Waals surface area contributed by atoms with Gasteiger partial charge in [-0.15, -0.1) is 0 Å². The Morgan fingerprint density at radius 3 is 2.64 bits per heavy atom. The fraction of sp³-hybridized carbons (Fsp3) is 0.368. The molecular formula is C19H18Cl3NO2. The minimum Gasteiger partial charge on any atom is -0.506 e. The Morgan fingerprint density at radius 2 is 1.84 bits per heavy atom. The highest BCUT2D eigenvalue weighted by Gasteiger charge is 2.32. The summed E-state index contributed by atoms with van der Waals surface area (Å²) in [6.45, 7) is 2.32. The van der Waals surface area contributed by atoms with Crippen molar-refractivity contribution in [2.24, 2.45) is 0 Å². The summed E-state index contributed by atoms with van der Waals surface area (Å²) in [5.41, 5.74) is 4.17. The molecule has 1 N–H and O–H groups in total. The number of rotatable bonds is 1. The summed E-state index contributed by atoms with van der Waals surface area (Å²) in [5, 5.41) is 11.6. The van der Waals surface area contributed by atoms with E-state index in [2.05, 4.69) is 11.9 Å². The minimum atomic E-state index is -0.0382. The summed E-state index contributed by atoms with van der Waals surface area (Å²) in [4.78, 5) is 2.26. The second-order valence-electron chi connectivity index (χ2n) is 6.74. The first-order valence-corrected chi connectivity index (χ1v) is 9.42. The van der Waals surface area contributed by atoms with E-state index in [-0.39, 0.29) is 11.7 Å². The van der Waals surface area contributed by atoms with Gasteiger partial charge in [0.15, 0.2) is 0 Å². The SMILES string of the molecule is CN1CCc2cc(Cl)c(O)cc2[C@@H](c2c(Cl)c(Cl)cc3c2OCC3)C1. The van der Waals surface area contributed by atoms with Crippen LogP contribution in [0.5, 0.6) is 11.5 Å². The fourth-order valence-electron chi connectivity index (χ4n) is 3.83. The fourth-order valence-corrected chi connectivity index (χ4v) is 4.52. The normalized spacial score (nSPS) is 19.9. The molecule has 0 saturated carbocycles. The predicted molar refractivity (Wildman–Crippen MR) is 102 cm³/mol. The molecule has 1 atom stereocenters. The second kappa shape index (κ2) is 6.55. The lowest BCUT2D eigenvalue weighted by Crippen LogP contribution is -2.24. The smallest absolute Gasteiger partial charge is 0.134 e. The van der Waals surface area contributed by atoms with E-state index >= 15 is 0 Å². The van der Waals surface area contributed by atoms with Crippen molar-refractivity contribution in [2.45, 2.75) is 18.8 Å². The molecule has 0 aromatic heterocycles. The molecule has 0 spiro atoms. The van der Waals surface area contributed by atoms with Crippen LogP contribution in [-0.4, -0.2) is 36.8 Å². The van der Waals surface area contributed by atoms with Gasteiger partial charge in [-0.1, -0.05) is 34.8 Å². The van der Waals surface area contributed by atoms with Gasteiger partial charge in [-0.3, -0.25) is 0 Å². The molecule has 25 heavy (non-hydrogen) atoms. The van der Waals surface area contributed by atoms with Crippen molar-refractivity contribution >= 4 is 34.8 Å². The van der Waals surface area contributed by atoms with Crippen LogP contribution >= 0.6 is 34.8 Å². The Balaban J connectivity index is 1.95. The van der Waals surface area contributed by atoms with Crippen LogP contribution < -0.4 is 4.74 Å². The molecule has 6 heteroatoms. The molecule has 0 amide bonds. The maximum atomic E-state index is 10.2. The van der Waals surface area contributed by atoms with Crippen molar-refractivity contribution in [3.63, 3.8) is 0 Å². The largest absolute Gasteiger partial charge is 0.506 e. The zero-order valence-corrected chi connectivity index (χ0v) is 16.0. The topological polar surface area (TPSA) is 32.7 Å². The van der Waals surface area contributed by atoms with Crippen LogP contribution in [0.3, 0.4) is 0 Å². The van der Waals surface area contributed by atoms with E-state index in [4.69, 9.17) is 39.5 Å². The number of hydrogen-bond acceptors (Lipinski definition) is 3. The first-order valence-electron chi connectivity index (χ1n) is 8.29. The van der Waals surface area contributed by atoms with Gasteiger partial charge < -0.3 is 14.7 Å². The second-order valence-corrected chi connectivity index (χ2v) is 7.93. The van der Waals surface area contributed by atoms with Gasteiger partial charge >= 0.3 is 0 Å². The molecule has 132 valence electrons. The minimum absolute atomic E-state index is 0.0382. The lowest BCUT2D eigenvalue weighted by molar-refractivity contribution is 0.327. The van der Waals surface area contributed by atoms with E-state index in [0.29, 0.717) is 21.7 Å². The Morgan fingerprint density at radius 1 is 1.08 bits per heavy atom. The molecule has 0 aliphatic carbocycles. The standard InChI is InChI=1S/C19H18Cl3NO2/c1-23-4-2-10-6-14(20)16(24)8-12(10)13(9-23)17-18(22)15(21)7-11-3-5-25-19(11)17/h6-8,13,24H,2-5,9H2,1H3/t13-/m0/s1. The van der Waals surface area contributed by atoms with Gasteiger partial charge in [0, 0.05) is 31.0 Å². The van der Waals surface area contributed by atoms with Crippen molar-refractivity contribution < 1.29 is 9.84 Å². The summed E-state index contributed by atoms with van der Waals surface area (Å²) in [6.07, 6.45) is 1.70. The van der Waals surface area contributed by atoms with Crippen LogP contribution in [0.4, 0.5) is 0 Å². The Bertz CT molecular complexity index is 853. The zero-order valence-electron chi connectivity index (χ0n) is 13.8. The molecule has 2 aliphatic heterocycles. The number of ether oxygens (including phenoxy) is 1. The van der Waals surface area contributed by atoms with E-state index in [1.807, 2.05) is 12.1 Å². The number of likely N-dealkylation sites (N-methyl/N-ethyl adjacent to an activating group) is 1.